The van der Waals surface area contributed by atoms with Crippen LogP contribution in [0.5, 0.6) is 5.75 Å². The number of hydrogen-bond donors (Lipinski definition) is 0. The highest BCUT2D eigenvalue weighted by Crippen LogP contribution is 2.23. The second-order valence-electron chi connectivity index (χ2n) is 3.78. The van der Waals surface area contributed by atoms with E-state index in [1.807, 2.05) is 0 Å². The van der Waals surface area contributed by atoms with Gasteiger partial charge in [0.2, 0.25) is 0 Å². The van der Waals surface area contributed by atoms with Crippen LogP contribution >= 0.6 is 0 Å². The molecule has 1 aromatic rings. The van der Waals surface area contributed by atoms with Crippen LogP contribution in [0.25, 0.3) is 0 Å². The third-order valence-electron chi connectivity index (χ3n) is 2.05. The van der Waals surface area contributed by atoms with Crippen LogP contribution in [0.3, 0.4) is 0 Å². The van der Waals surface area contributed by atoms with Gasteiger partial charge in [-0.3, -0.25) is 14.9 Å². The van der Waals surface area contributed by atoms with Crippen LogP contribution in [-0.4, -0.2) is 10.9 Å². The predicted molar refractivity (Wildman–Crippen MR) is 58.3 cm³/mol. The molecule has 0 aliphatic carbocycles. The highest BCUT2D eigenvalue weighted by molar-refractivity contribution is 5.74. The number of ether oxygens (including phenoxy) is 1. The van der Waals surface area contributed by atoms with Crippen molar-refractivity contribution >= 4 is 11.7 Å². The normalized spacial score (nSPS) is 10.2. The first kappa shape index (κ1) is 12.2. The van der Waals surface area contributed by atoms with E-state index < -0.39 is 4.92 Å². The largest absolute Gasteiger partial charge is 0.426 e. The summed E-state index contributed by atoms with van der Waals surface area (Å²) >= 11 is 0. The maximum Gasteiger partial charge on any atom is 0.313 e. The van der Waals surface area contributed by atoms with Gasteiger partial charge in [-0.15, -0.1) is 0 Å². The molecule has 0 atom stereocenters. The van der Waals surface area contributed by atoms with Crippen LogP contribution in [0.15, 0.2) is 18.2 Å². The fourth-order valence-corrected chi connectivity index (χ4v) is 1.09. The zero-order chi connectivity index (χ0) is 12.3. The molecule has 5 nitrogen and oxygen atoms in total. The quantitative estimate of drug-likeness (QED) is 0.341. The molecule has 0 saturated carbocycles. The Morgan fingerprint density at radius 1 is 1.44 bits per heavy atom. The Kier molecular flexibility index (Phi) is 3.60. The molecular formula is C11H13NO4. The summed E-state index contributed by atoms with van der Waals surface area (Å²) < 4.78 is 5.08. The van der Waals surface area contributed by atoms with Gasteiger partial charge in [0.25, 0.3) is 5.69 Å². The minimum Gasteiger partial charge on any atom is -0.426 e. The molecule has 5 heteroatoms. The minimum absolute atomic E-state index is 0.0122. The molecule has 0 unspecified atom stereocenters. The van der Waals surface area contributed by atoms with E-state index in [0.717, 1.165) is 0 Å². The van der Waals surface area contributed by atoms with E-state index in [1.165, 1.54) is 18.2 Å². The van der Waals surface area contributed by atoms with Gasteiger partial charge in [0.1, 0.15) is 5.75 Å². The number of nitro groups is 1. The molecule has 0 aliphatic heterocycles. The van der Waals surface area contributed by atoms with Gasteiger partial charge in [-0.25, -0.2) is 0 Å². The second kappa shape index (κ2) is 4.74. The van der Waals surface area contributed by atoms with Gasteiger partial charge in [0.05, 0.1) is 10.8 Å². The summed E-state index contributed by atoms with van der Waals surface area (Å²) in [6.07, 6.45) is 0. The van der Waals surface area contributed by atoms with E-state index in [-0.39, 0.29) is 17.6 Å². The average Bonchev–Trinajstić information content (AvgIpc) is 2.20. The van der Waals surface area contributed by atoms with Gasteiger partial charge >= 0.3 is 5.97 Å². The smallest absolute Gasteiger partial charge is 0.313 e. The third kappa shape index (κ3) is 2.79. The summed E-state index contributed by atoms with van der Waals surface area (Å²) in [5.41, 5.74) is 0.560. The van der Waals surface area contributed by atoms with Gasteiger partial charge in [0.15, 0.2) is 0 Å². The van der Waals surface area contributed by atoms with Crippen molar-refractivity contribution in [3.05, 3.63) is 33.9 Å². The molecule has 0 radical (unpaired) electrons. The molecular weight excluding hydrogens is 210 g/mol. The molecule has 1 aromatic carbocycles. The molecule has 0 aliphatic rings. The van der Waals surface area contributed by atoms with Gasteiger partial charge in [-0.2, -0.15) is 0 Å². The highest BCUT2D eigenvalue weighted by atomic mass is 16.6. The van der Waals surface area contributed by atoms with Crippen LogP contribution < -0.4 is 4.74 Å². The van der Waals surface area contributed by atoms with E-state index in [0.29, 0.717) is 11.3 Å². The lowest BCUT2D eigenvalue weighted by molar-refractivity contribution is -0.384. The SMILES string of the molecule is Cc1cc([N+](=O)[O-])ccc1OC(=O)C(C)C. The van der Waals surface area contributed by atoms with Crippen LogP contribution in [0.4, 0.5) is 5.69 Å². The number of nitrogens with zero attached hydrogens (tertiary/aromatic N) is 1. The summed E-state index contributed by atoms with van der Waals surface area (Å²) in [6, 6.07) is 4.13. The molecule has 0 aromatic heterocycles. The fourth-order valence-electron chi connectivity index (χ4n) is 1.09. The van der Waals surface area contributed by atoms with Gasteiger partial charge in [-0.1, -0.05) is 13.8 Å². The van der Waals surface area contributed by atoms with Crippen LogP contribution in [0.1, 0.15) is 19.4 Å². The number of nitro benzene ring substituents is 1. The maximum absolute atomic E-state index is 11.3. The molecule has 0 amide bonds. The Morgan fingerprint density at radius 3 is 2.50 bits per heavy atom. The number of esters is 1. The Labute approximate surface area is 93.2 Å². The first-order chi connectivity index (χ1) is 7.41. The number of hydrogen-bond acceptors (Lipinski definition) is 4. The maximum atomic E-state index is 11.3. The number of carbonyl (C=O) groups is 1. The van der Waals surface area contributed by atoms with Crippen molar-refractivity contribution in [1.29, 1.82) is 0 Å². The number of aryl methyl sites for hydroxylation is 1. The third-order valence-corrected chi connectivity index (χ3v) is 2.05. The Morgan fingerprint density at radius 2 is 2.06 bits per heavy atom. The molecule has 0 bridgehead atoms. The lowest BCUT2D eigenvalue weighted by Gasteiger charge is -2.08. The van der Waals surface area contributed by atoms with Gasteiger partial charge in [-0.05, 0) is 18.6 Å². The van der Waals surface area contributed by atoms with Crippen molar-refractivity contribution in [2.45, 2.75) is 20.8 Å². The van der Waals surface area contributed by atoms with Crippen molar-refractivity contribution in [2.24, 2.45) is 5.92 Å². The summed E-state index contributed by atoms with van der Waals surface area (Å²) in [5, 5.41) is 10.5. The van der Waals surface area contributed by atoms with Crippen LogP contribution in [0, 0.1) is 23.0 Å². The van der Waals surface area contributed by atoms with E-state index in [4.69, 9.17) is 4.74 Å². The Bertz CT molecular complexity index is 426. The molecule has 0 fully saturated rings. The number of benzene rings is 1. The first-order valence-corrected chi connectivity index (χ1v) is 4.88. The van der Waals surface area contributed by atoms with Crippen molar-refractivity contribution in [3.63, 3.8) is 0 Å². The number of non-ortho nitro benzene ring substituents is 1. The van der Waals surface area contributed by atoms with Gasteiger partial charge < -0.3 is 4.74 Å². The standard InChI is InChI=1S/C11H13NO4/c1-7(2)11(13)16-10-5-4-9(12(14)15)6-8(10)3/h4-7H,1-3H3. The van der Waals surface area contributed by atoms with Crippen LogP contribution in [-0.2, 0) is 4.79 Å². The zero-order valence-electron chi connectivity index (χ0n) is 9.39. The molecule has 0 heterocycles. The molecule has 1 rings (SSSR count). The lowest BCUT2D eigenvalue weighted by Crippen LogP contribution is -2.15. The summed E-state index contributed by atoms with van der Waals surface area (Å²) in [4.78, 5) is 21.3. The summed E-state index contributed by atoms with van der Waals surface area (Å²) in [6.45, 7) is 5.11. The number of carbonyl (C=O) groups excluding carboxylic acids is 1. The monoisotopic (exact) mass is 223 g/mol. The van der Waals surface area contributed by atoms with E-state index in [9.17, 15) is 14.9 Å². The van der Waals surface area contributed by atoms with E-state index in [2.05, 4.69) is 0 Å². The summed E-state index contributed by atoms with van der Waals surface area (Å²) in [7, 11) is 0. The molecule has 0 spiro atoms. The van der Waals surface area contributed by atoms with Gasteiger partial charge in [0, 0.05) is 12.1 Å². The van der Waals surface area contributed by atoms with Crippen LogP contribution in [0.2, 0.25) is 0 Å². The minimum atomic E-state index is -0.485. The Hall–Kier alpha value is -1.91. The van der Waals surface area contributed by atoms with E-state index >= 15 is 0 Å². The number of rotatable bonds is 3. The highest BCUT2D eigenvalue weighted by Gasteiger charge is 2.13. The molecule has 0 N–H and O–H groups in total. The molecule has 0 saturated heterocycles. The second-order valence-corrected chi connectivity index (χ2v) is 3.78. The van der Waals surface area contributed by atoms with Crippen molar-refractivity contribution in [1.82, 2.24) is 0 Å². The van der Waals surface area contributed by atoms with E-state index in [1.54, 1.807) is 20.8 Å². The predicted octanol–water partition coefficient (Wildman–Crippen LogP) is 2.46. The molecule has 16 heavy (non-hydrogen) atoms. The Balaban J connectivity index is 2.91. The van der Waals surface area contributed by atoms with Crippen molar-refractivity contribution < 1.29 is 14.5 Å². The van der Waals surface area contributed by atoms with Crippen molar-refractivity contribution in [2.75, 3.05) is 0 Å². The lowest BCUT2D eigenvalue weighted by atomic mass is 10.2. The van der Waals surface area contributed by atoms with Crippen molar-refractivity contribution in [3.8, 4) is 5.75 Å². The molecule has 86 valence electrons. The first-order valence-electron chi connectivity index (χ1n) is 4.88. The zero-order valence-corrected chi connectivity index (χ0v) is 9.39. The topological polar surface area (TPSA) is 69.4 Å². The average molecular weight is 223 g/mol. The fraction of sp³-hybridized carbons (Fsp3) is 0.364. The summed E-state index contributed by atoms with van der Waals surface area (Å²) in [5.74, 6) is -0.212.